The molecule has 0 aliphatic rings. The van der Waals surface area contributed by atoms with Gasteiger partial charge in [0.25, 0.3) is 10.0 Å². The fourth-order valence-corrected chi connectivity index (χ4v) is 2.79. The number of anilines is 1. The van der Waals surface area contributed by atoms with Crippen LogP contribution in [0.4, 0.5) is 5.69 Å². The van der Waals surface area contributed by atoms with Crippen LogP contribution in [-0.4, -0.2) is 29.2 Å². The maximum absolute atomic E-state index is 11.9. The summed E-state index contributed by atoms with van der Waals surface area (Å²) in [5.74, 6) is 0. The summed E-state index contributed by atoms with van der Waals surface area (Å²) in [5, 5.41) is 1.54. The van der Waals surface area contributed by atoms with E-state index in [1.54, 1.807) is 18.2 Å². The van der Waals surface area contributed by atoms with Crippen LogP contribution in [-0.2, 0) is 10.0 Å². The highest BCUT2D eigenvalue weighted by molar-refractivity contribution is 7.90. The minimum atomic E-state index is -3.67. The summed E-state index contributed by atoms with van der Waals surface area (Å²) in [5.41, 5.74) is 0.966. The van der Waals surface area contributed by atoms with Crippen LogP contribution in [0.5, 0.6) is 0 Å². The number of sulfonamides is 1. The zero-order valence-electron chi connectivity index (χ0n) is 10.3. The molecule has 0 fully saturated rings. The molecule has 0 saturated carbocycles. The first kappa shape index (κ1) is 12.6. The Hall–Kier alpha value is -1.88. The van der Waals surface area contributed by atoms with Crippen LogP contribution in [0.2, 0.25) is 0 Å². The molecule has 0 unspecified atom stereocenters. The predicted molar refractivity (Wildman–Crippen MR) is 75.0 cm³/mol. The quantitative estimate of drug-likeness (QED) is 0.797. The molecule has 0 aliphatic heterocycles. The van der Waals surface area contributed by atoms with Crippen molar-refractivity contribution in [3.8, 4) is 0 Å². The molecule has 0 amide bonds. The molecule has 0 aromatic heterocycles. The number of hydrogen-bond acceptors (Lipinski definition) is 3. The molecule has 0 bridgehead atoms. The Kier molecular flexibility index (Phi) is 3.09. The van der Waals surface area contributed by atoms with Gasteiger partial charge in [-0.25, -0.2) is 0 Å². The SMILES string of the molecule is C=NS(=O)(=O)c1cccc2c(N(C)C)cccc12. The number of benzene rings is 2. The van der Waals surface area contributed by atoms with E-state index in [1.165, 1.54) is 0 Å². The van der Waals surface area contributed by atoms with Gasteiger partial charge in [-0.15, -0.1) is 0 Å². The topological polar surface area (TPSA) is 49.7 Å². The van der Waals surface area contributed by atoms with Gasteiger partial charge in [-0.05, 0) is 12.1 Å². The zero-order valence-corrected chi connectivity index (χ0v) is 11.1. The van der Waals surface area contributed by atoms with E-state index in [0.717, 1.165) is 11.1 Å². The van der Waals surface area contributed by atoms with Crippen molar-refractivity contribution in [2.75, 3.05) is 19.0 Å². The summed E-state index contributed by atoms with van der Waals surface area (Å²) in [6.07, 6.45) is 0. The van der Waals surface area contributed by atoms with E-state index in [4.69, 9.17) is 0 Å². The third-order valence-corrected chi connectivity index (χ3v) is 4.04. The van der Waals surface area contributed by atoms with Crippen molar-refractivity contribution in [1.82, 2.24) is 0 Å². The summed E-state index contributed by atoms with van der Waals surface area (Å²) in [6.45, 7) is 3.12. The Labute approximate surface area is 107 Å². The van der Waals surface area contributed by atoms with Crippen molar-refractivity contribution in [2.45, 2.75) is 4.90 Å². The Morgan fingerprint density at radius 3 is 2.28 bits per heavy atom. The fraction of sp³-hybridized carbons (Fsp3) is 0.154. The second-order valence-electron chi connectivity index (χ2n) is 4.13. The van der Waals surface area contributed by atoms with Gasteiger partial charge in [0.1, 0.15) is 0 Å². The molecule has 0 heterocycles. The first-order valence-corrected chi connectivity index (χ1v) is 6.83. The fourth-order valence-electron chi connectivity index (χ4n) is 1.95. The van der Waals surface area contributed by atoms with Crippen LogP contribution >= 0.6 is 0 Å². The van der Waals surface area contributed by atoms with Crippen LogP contribution in [0.3, 0.4) is 0 Å². The molecule has 2 aromatic rings. The number of rotatable bonds is 3. The van der Waals surface area contributed by atoms with Crippen LogP contribution in [0.25, 0.3) is 10.8 Å². The molecule has 4 nitrogen and oxygen atoms in total. The standard InChI is InChI=1S/C13H14N2O2S/c1-14-18(16,17)13-9-5-6-10-11(13)7-4-8-12(10)15(2)3/h4-9H,1H2,2-3H3. The molecule has 18 heavy (non-hydrogen) atoms. The monoisotopic (exact) mass is 262 g/mol. The molecule has 2 aromatic carbocycles. The first-order chi connectivity index (χ1) is 8.47. The normalized spacial score (nSPS) is 11.4. The summed E-state index contributed by atoms with van der Waals surface area (Å²) in [7, 11) is 0.165. The highest BCUT2D eigenvalue weighted by Gasteiger charge is 2.16. The van der Waals surface area contributed by atoms with E-state index >= 15 is 0 Å². The molecule has 0 aliphatic carbocycles. The summed E-state index contributed by atoms with van der Waals surface area (Å²) in [6, 6.07) is 10.7. The van der Waals surface area contributed by atoms with Crippen LogP contribution in [0, 0.1) is 0 Å². The van der Waals surface area contributed by atoms with Crippen LogP contribution < -0.4 is 4.90 Å². The van der Waals surface area contributed by atoms with Gasteiger partial charge in [0.15, 0.2) is 0 Å². The molecule has 0 atom stereocenters. The van der Waals surface area contributed by atoms with E-state index < -0.39 is 10.0 Å². The van der Waals surface area contributed by atoms with E-state index in [1.807, 2.05) is 37.2 Å². The minimum Gasteiger partial charge on any atom is -0.377 e. The van der Waals surface area contributed by atoms with Crippen molar-refractivity contribution in [2.24, 2.45) is 4.40 Å². The van der Waals surface area contributed by atoms with E-state index in [2.05, 4.69) is 11.1 Å². The Morgan fingerprint density at radius 2 is 1.67 bits per heavy atom. The van der Waals surface area contributed by atoms with Gasteiger partial charge in [0.2, 0.25) is 0 Å². The third-order valence-electron chi connectivity index (χ3n) is 2.79. The number of fused-ring (bicyclic) bond motifs is 1. The second-order valence-corrected chi connectivity index (χ2v) is 5.78. The molecular weight excluding hydrogens is 248 g/mol. The molecule has 2 rings (SSSR count). The van der Waals surface area contributed by atoms with E-state index in [0.29, 0.717) is 5.39 Å². The number of hydrogen-bond donors (Lipinski definition) is 0. The maximum Gasteiger partial charge on any atom is 0.282 e. The lowest BCUT2D eigenvalue weighted by Crippen LogP contribution is -2.09. The lowest BCUT2D eigenvalue weighted by molar-refractivity contribution is 0.599. The first-order valence-electron chi connectivity index (χ1n) is 5.39. The van der Waals surface area contributed by atoms with Crippen LogP contribution in [0.15, 0.2) is 45.7 Å². The average molecular weight is 262 g/mol. The molecule has 5 heteroatoms. The molecular formula is C13H14N2O2S. The van der Waals surface area contributed by atoms with Gasteiger partial charge in [-0.2, -0.15) is 12.8 Å². The summed E-state index contributed by atoms with van der Waals surface area (Å²) in [4.78, 5) is 2.14. The van der Waals surface area contributed by atoms with Gasteiger partial charge >= 0.3 is 0 Å². The van der Waals surface area contributed by atoms with Crippen LogP contribution in [0.1, 0.15) is 0 Å². The van der Waals surface area contributed by atoms with Crippen molar-refractivity contribution >= 4 is 33.2 Å². The Balaban J connectivity index is 2.88. The van der Waals surface area contributed by atoms with E-state index in [9.17, 15) is 8.42 Å². The highest BCUT2D eigenvalue weighted by Crippen LogP contribution is 2.30. The van der Waals surface area contributed by atoms with Gasteiger partial charge < -0.3 is 4.90 Å². The maximum atomic E-state index is 11.9. The Morgan fingerprint density at radius 1 is 1.06 bits per heavy atom. The van der Waals surface area contributed by atoms with Crippen molar-refractivity contribution < 1.29 is 8.42 Å². The molecule has 0 radical (unpaired) electrons. The van der Waals surface area contributed by atoms with Crippen molar-refractivity contribution in [1.29, 1.82) is 0 Å². The lowest BCUT2D eigenvalue weighted by Gasteiger charge is -2.16. The summed E-state index contributed by atoms with van der Waals surface area (Å²) < 4.78 is 26.9. The van der Waals surface area contributed by atoms with Gasteiger partial charge in [0, 0.05) is 37.3 Å². The van der Waals surface area contributed by atoms with Crippen molar-refractivity contribution in [3.63, 3.8) is 0 Å². The molecule has 0 N–H and O–H groups in total. The average Bonchev–Trinajstić information content (AvgIpc) is 2.37. The largest absolute Gasteiger partial charge is 0.377 e. The zero-order chi connectivity index (χ0) is 13.3. The number of nitrogens with zero attached hydrogens (tertiary/aromatic N) is 2. The second kappa shape index (κ2) is 4.42. The molecule has 0 spiro atoms. The van der Waals surface area contributed by atoms with Gasteiger partial charge in [-0.1, -0.05) is 24.3 Å². The molecule has 0 saturated heterocycles. The van der Waals surface area contributed by atoms with Crippen molar-refractivity contribution in [3.05, 3.63) is 36.4 Å². The van der Waals surface area contributed by atoms with Gasteiger partial charge in [-0.3, -0.25) is 0 Å². The summed E-state index contributed by atoms with van der Waals surface area (Å²) >= 11 is 0. The Bertz CT molecular complexity index is 706. The lowest BCUT2D eigenvalue weighted by atomic mass is 10.1. The van der Waals surface area contributed by atoms with E-state index in [-0.39, 0.29) is 4.90 Å². The third kappa shape index (κ3) is 1.97. The van der Waals surface area contributed by atoms with Gasteiger partial charge in [0.05, 0.1) is 4.90 Å². The smallest absolute Gasteiger partial charge is 0.282 e. The minimum absolute atomic E-state index is 0.193. The predicted octanol–water partition coefficient (Wildman–Crippen LogP) is 2.30. The molecule has 94 valence electrons. The highest BCUT2D eigenvalue weighted by atomic mass is 32.2.